The highest BCUT2D eigenvalue weighted by molar-refractivity contribution is 4.84. The van der Waals surface area contributed by atoms with Gasteiger partial charge in [-0.15, -0.1) is 0 Å². The number of rotatable bonds is 5. The molecule has 2 aliphatic rings. The van der Waals surface area contributed by atoms with Gasteiger partial charge >= 0.3 is 0 Å². The second kappa shape index (κ2) is 7.61. The van der Waals surface area contributed by atoms with Gasteiger partial charge in [-0.05, 0) is 70.6 Å². The molecule has 0 saturated carbocycles. The molecule has 0 aromatic heterocycles. The SMILES string of the molecule is CNCCC1CCN(C2CCOC(C(C)C)C2)CC1. The fourth-order valence-electron chi connectivity index (χ4n) is 3.56. The van der Waals surface area contributed by atoms with Crippen molar-refractivity contribution < 1.29 is 4.74 Å². The molecule has 0 aromatic carbocycles. The van der Waals surface area contributed by atoms with E-state index in [1.54, 1.807) is 0 Å². The van der Waals surface area contributed by atoms with Crippen LogP contribution in [-0.2, 0) is 4.74 Å². The van der Waals surface area contributed by atoms with Gasteiger partial charge in [0.15, 0.2) is 0 Å². The smallest absolute Gasteiger partial charge is 0.0612 e. The van der Waals surface area contributed by atoms with Gasteiger partial charge in [-0.3, -0.25) is 0 Å². The molecule has 2 heterocycles. The number of nitrogens with zero attached hydrogens (tertiary/aromatic N) is 1. The maximum absolute atomic E-state index is 5.90. The van der Waals surface area contributed by atoms with Crippen molar-refractivity contribution in [1.29, 1.82) is 0 Å². The van der Waals surface area contributed by atoms with Crippen LogP contribution in [0.1, 0.15) is 46.0 Å². The highest BCUT2D eigenvalue weighted by Crippen LogP contribution is 2.28. The van der Waals surface area contributed by atoms with Crippen molar-refractivity contribution >= 4 is 0 Å². The lowest BCUT2D eigenvalue weighted by Crippen LogP contribution is -2.47. The lowest BCUT2D eigenvalue weighted by molar-refractivity contribution is -0.0535. The molecular weight excluding hydrogens is 236 g/mol. The zero-order valence-electron chi connectivity index (χ0n) is 13.0. The predicted molar refractivity (Wildman–Crippen MR) is 80.4 cm³/mol. The zero-order chi connectivity index (χ0) is 13.7. The minimum absolute atomic E-state index is 0.487. The van der Waals surface area contributed by atoms with Gasteiger partial charge in [0, 0.05) is 12.6 Å². The van der Waals surface area contributed by atoms with Crippen LogP contribution in [0.3, 0.4) is 0 Å². The summed E-state index contributed by atoms with van der Waals surface area (Å²) in [6, 6.07) is 0.784. The zero-order valence-corrected chi connectivity index (χ0v) is 13.0. The van der Waals surface area contributed by atoms with E-state index in [9.17, 15) is 0 Å². The number of nitrogens with one attached hydrogen (secondary N) is 1. The molecule has 2 atom stereocenters. The summed E-state index contributed by atoms with van der Waals surface area (Å²) in [5.74, 6) is 1.61. The standard InChI is InChI=1S/C16H32N2O/c1-13(2)16-12-15(7-11-19-16)18-9-5-14(6-10-18)4-8-17-3/h13-17H,4-12H2,1-3H3. The largest absolute Gasteiger partial charge is 0.378 e. The lowest BCUT2D eigenvalue weighted by atomic mass is 9.89. The second-order valence-electron chi connectivity index (χ2n) is 6.70. The summed E-state index contributed by atoms with van der Waals surface area (Å²) >= 11 is 0. The molecule has 112 valence electrons. The molecule has 0 aliphatic carbocycles. The average molecular weight is 268 g/mol. The third-order valence-corrected chi connectivity index (χ3v) is 5.00. The van der Waals surface area contributed by atoms with Crippen molar-refractivity contribution in [2.24, 2.45) is 11.8 Å². The fraction of sp³-hybridized carbons (Fsp3) is 1.00. The van der Waals surface area contributed by atoms with Gasteiger partial charge in [-0.1, -0.05) is 13.8 Å². The van der Waals surface area contributed by atoms with Gasteiger partial charge in [-0.2, -0.15) is 0 Å². The van der Waals surface area contributed by atoms with Crippen LogP contribution in [-0.4, -0.2) is 50.3 Å². The Hall–Kier alpha value is -0.120. The Kier molecular flexibility index (Phi) is 6.11. The van der Waals surface area contributed by atoms with Crippen LogP contribution in [0.2, 0.25) is 0 Å². The summed E-state index contributed by atoms with van der Waals surface area (Å²) in [5.41, 5.74) is 0. The number of piperidine rings is 1. The molecule has 0 amide bonds. The van der Waals surface area contributed by atoms with Crippen LogP contribution in [0, 0.1) is 11.8 Å². The first-order chi connectivity index (χ1) is 9.20. The molecular formula is C16H32N2O. The van der Waals surface area contributed by atoms with E-state index < -0.39 is 0 Å². The van der Waals surface area contributed by atoms with Crippen molar-refractivity contribution in [2.45, 2.75) is 58.1 Å². The van der Waals surface area contributed by atoms with E-state index in [1.807, 2.05) is 0 Å². The van der Waals surface area contributed by atoms with Gasteiger partial charge in [0.05, 0.1) is 6.10 Å². The summed E-state index contributed by atoms with van der Waals surface area (Å²) < 4.78 is 5.90. The molecule has 2 rings (SSSR count). The van der Waals surface area contributed by atoms with Crippen LogP contribution in [0.25, 0.3) is 0 Å². The highest BCUT2D eigenvalue weighted by Gasteiger charge is 2.30. The maximum Gasteiger partial charge on any atom is 0.0612 e. The first-order valence-electron chi connectivity index (χ1n) is 8.21. The Labute approximate surface area is 119 Å². The Bertz CT molecular complexity index is 249. The topological polar surface area (TPSA) is 24.5 Å². The summed E-state index contributed by atoms with van der Waals surface area (Å²) in [7, 11) is 2.06. The third-order valence-electron chi connectivity index (χ3n) is 5.00. The summed E-state index contributed by atoms with van der Waals surface area (Å²) in [6.07, 6.45) is 7.12. The number of ether oxygens (including phenoxy) is 1. The Morgan fingerprint density at radius 2 is 1.95 bits per heavy atom. The van der Waals surface area contributed by atoms with E-state index in [4.69, 9.17) is 4.74 Å². The molecule has 2 unspecified atom stereocenters. The minimum atomic E-state index is 0.487. The highest BCUT2D eigenvalue weighted by atomic mass is 16.5. The van der Waals surface area contributed by atoms with E-state index >= 15 is 0 Å². The van der Waals surface area contributed by atoms with Crippen molar-refractivity contribution in [1.82, 2.24) is 10.2 Å². The van der Waals surface area contributed by atoms with E-state index in [0.717, 1.165) is 18.6 Å². The minimum Gasteiger partial charge on any atom is -0.378 e. The van der Waals surface area contributed by atoms with Gasteiger partial charge in [-0.25, -0.2) is 0 Å². The molecule has 2 fully saturated rings. The van der Waals surface area contributed by atoms with Crippen molar-refractivity contribution in [3.05, 3.63) is 0 Å². The van der Waals surface area contributed by atoms with Gasteiger partial charge in [0.1, 0.15) is 0 Å². The maximum atomic E-state index is 5.90. The molecule has 19 heavy (non-hydrogen) atoms. The molecule has 0 bridgehead atoms. The number of likely N-dealkylation sites (tertiary alicyclic amines) is 1. The second-order valence-corrected chi connectivity index (χ2v) is 6.70. The summed E-state index contributed by atoms with van der Waals surface area (Å²) in [5, 5.41) is 3.28. The van der Waals surface area contributed by atoms with E-state index in [1.165, 1.54) is 51.7 Å². The summed E-state index contributed by atoms with van der Waals surface area (Å²) in [6.45, 7) is 9.34. The van der Waals surface area contributed by atoms with Crippen LogP contribution in [0.15, 0.2) is 0 Å². The predicted octanol–water partition coefficient (Wildman–Crippen LogP) is 2.51. The summed E-state index contributed by atoms with van der Waals surface area (Å²) in [4.78, 5) is 2.74. The normalized spacial score (nSPS) is 30.9. The van der Waals surface area contributed by atoms with Crippen LogP contribution in [0.5, 0.6) is 0 Å². The molecule has 0 aromatic rings. The van der Waals surface area contributed by atoms with E-state index in [0.29, 0.717) is 12.0 Å². The average Bonchev–Trinajstić information content (AvgIpc) is 2.46. The molecule has 2 saturated heterocycles. The molecule has 3 heteroatoms. The van der Waals surface area contributed by atoms with Gasteiger partial charge < -0.3 is 15.0 Å². The molecule has 1 N–H and O–H groups in total. The van der Waals surface area contributed by atoms with Crippen molar-refractivity contribution in [3.8, 4) is 0 Å². The van der Waals surface area contributed by atoms with E-state index in [-0.39, 0.29) is 0 Å². The van der Waals surface area contributed by atoms with Gasteiger partial charge in [0.2, 0.25) is 0 Å². The monoisotopic (exact) mass is 268 g/mol. The van der Waals surface area contributed by atoms with Crippen LogP contribution < -0.4 is 5.32 Å². The van der Waals surface area contributed by atoms with E-state index in [2.05, 4.69) is 31.1 Å². The first-order valence-corrected chi connectivity index (χ1v) is 8.21. The third kappa shape index (κ3) is 4.44. The first kappa shape index (κ1) is 15.3. The van der Waals surface area contributed by atoms with Crippen LogP contribution in [0.4, 0.5) is 0 Å². The molecule has 2 aliphatic heterocycles. The van der Waals surface area contributed by atoms with Crippen molar-refractivity contribution in [3.63, 3.8) is 0 Å². The molecule has 3 nitrogen and oxygen atoms in total. The van der Waals surface area contributed by atoms with Gasteiger partial charge in [0.25, 0.3) is 0 Å². The van der Waals surface area contributed by atoms with Crippen molar-refractivity contribution in [2.75, 3.05) is 33.3 Å². The quantitative estimate of drug-likeness (QED) is 0.829. The number of hydrogen-bond acceptors (Lipinski definition) is 3. The Morgan fingerprint density at radius 3 is 2.58 bits per heavy atom. The molecule has 0 radical (unpaired) electrons. The molecule has 0 spiro atoms. The van der Waals surface area contributed by atoms with Crippen LogP contribution >= 0.6 is 0 Å². The Morgan fingerprint density at radius 1 is 1.21 bits per heavy atom. The number of hydrogen-bond donors (Lipinski definition) is 1. The fourth-order valence-corrected chi connectivity index (χ4v) is 3.56. The lowest BCUT2D eigenvalue weighted by Gasteiger charge is -2.42. The Balaban J connectivity index is 1.74.